The molecule has 1 aliphatic heterocycles. The predicted molar refractivity (Wildman–Crippen MR) is 84.6 cm³/mol. The molecule has 3 amide bonds. The van der Waals surface area contributed by atoms with Crippen molar-refractivity contribution in [2.75, 3.05) is 16.8 Å². The lowest BCUT2D eigenvalue weighted by Crippen LogP contribution is -2.41. The molecule has 2 rings (SSSR count). The van der Waals surface area contributed by atoms with Gasteiger partial charge in [0.2, 0.25) is 17.7 Å². The lowest BCUT2D eigenvalue weighted by atomic mass is 10.2. The standard InChI is InChI=1S/C16H21N3O3/c1-3-14(20)17-11(2)16(22)18-12-6-4-7-13(10-12)19-9-5-8-15(19)21/h4,6-7,10-11H,3,5,8-9H2,1-2H3,(H,17,20)(H,18,22)/t11-/m0/s1. The molecule has 1 saturated heterocycles. The molecule has 6 nitrogen and oxygen atoms in total. The molecule has 0 radical (unpaired) electrons. The molecule has 1 atom stereocenters. The molecular formula is C16H21N3O3. The summed E-state index contributed by atoms with van der Waals surface area (Å²) in [6.07, 6.45) is 1.76. The lowest BCUT2D eigenvalue weighted by molar-refractivity contribution is -0.125. The average molecular weight is 303 g/mol. The molecule has 1 aromatic rings. The van der Waals surface area contributed by atoms with Crippen molar-refractivity contribution < 1.29 is 14.4 Å². The zero-order chi connectivity index (χ0) is 16.1. The molecule has 1 aromatic carbocycles. The molecule has 6 heteroatoms. The minimum atomic E-state index is -0.607. The van der Waals surface area contributed by atoms with Gasteiger partial charge in [-0.05, 0) is 31.5 Å². The Kier molecular flexibility index (Phi) is 5.14. The maximum atomic E-state index is 12.1. The van der Waals surface area contributed by atoms with E-state index in [2.05, 4.69) is 10.6 Å². The molecule has 0 aliphatic carbocycles. The summed E-state index contributed by atoms with van der Waals surface area (Å²) in [7, 11) is 0. The normalized spacial score (nSPS) is 15.5. The van der Waals surface area contributed by atoms with E-state index in [0.29, 0.717) is 25.1 Å². The summed E-state index contributed by atoms with van der Waals surface area (Å²) < 4.78 is 0. The first-order valence-corrected chi connectivity index (χ1v) is 7.52. The summed E-state index contributed by atoms with van der Waals surface area (Å²) in [4.78, 5) is 36.8. The largest absolute Gasteiger partial charge is 0.345 e. The Morgan fingerprint density at radius 1 is 1.36 bits per heavy atom. The van der Waals surface area contributed by atoms with Crippen molar-refractivity contribution in [2.24, 2.45) is 0 Å². The molecule has 1 aliphatic rings. The Labute approximate surface area is 129 Å². The van der Waals surface area contributed by atoms with Gasteiger partial charge in [0.15, 0.2) is 0 Å². The summed E-state index contributed by atoms with van der Waals surface area (Å²) >= 11 is 0. The van der Waals surface area contributed by atoms with E-state index < -0.39 is 6.04 Å². The summed E-state index contributed by atoms with van der Waals surface area (Å²) in [5, 5.41) is 5.37. The van der Waals surface area contributed by atoms with Crippen molar-refractivity contribution in [1.82, 2.24) is 5.32 Å². The number of benzene rings is 1. The fourth-order valence-electron chi connectivity index (χ4n) is 2.33. The zero-order valence-electron chi connectivity index (χ0n) is 12.9. The van der Waals surface area contributed by atoms with Crippen LogP contribution in [0.1, 0.15) is 33.1 Å². The maximum absolute atomic E-state index is 12.1. The number of anilines is 2. The Morgan fingerprint density at radius 3 is 2.77 bits per heavy atom. The van der Waals surface area contributed by atoms with Crippen LogP contribution in [0.5, 0.6) is 0 Å². The molecule has 0 bridgehead atoms. The predicted octanol–water partition coefficient (Wildman–Crippen LogP) is 1.67. The number of amides is 3. The van der Waals surface area contributed by atoms with Crippen LogP contribution in [0, 0.1) is 0 Å². The van der Waals surface area contributed by atoms with E-state index in [1.165, 1.54) is 0 Å². The van der Waals surface area contributed by atoms with E-state index in [1.807, 2.05) is 6.07 Å². The van der Waals surface area contributed by atoms with Gasteiger partial charge in [-0.25, -0.2) is 0 Å². The van der Waals surface area contributed by atoms with Crippen LogP contribution < -0.4 is 15.5 Å². The third-order valence-electron chi connectivity index (χ3n) is 3.59. The third-order valence-corrected chi connectivity index (χ3v) is 3.59. The van der Waals surface area contributed by atoms with Gasteiger partial charge < -0.3 is 15.5 Å². The van der Waals surface area contributed by atoms with Crippen LogP contribution in [0.15, 0.2) is 24.3 Å². The first kappa shape index (κ1) is 16.0. The topological polar surface area (TPSA) is 78.5 Å². The van der Waals surface area contributed by atoms with Crippen LogP contribution in [-0.2, 0) is 14.4 Å². The van der Waals surface area contributed by atoms with Crippen LogP contribution in [0.3, 0.4) is 0 Å². The van der Waals surface area contributed by atoms with Gasteiger partial charge in [0, 0.05) is 30.8 Å². The van der Waals surface area contributed by atoms with Crippen molar-refractivity contribution in [3.8, 4) is 0 Å². The van der Waals surface area contributed by atoms with Gasteiger partial charge in [-0.3, -0.25) is 14.4 Å². The lowest BCUT2D eigenvalue weighted by Gasteiger charge is -2.18. The smallest absolute Gasteiger partial charge is 0.246 e. The van der Waals surface area contributed by atoms with Crippen molar-refractivity contribution in [1.29, 1.82) is 0 Å². The monoisotopic (exact) mass is 303 g/mol. The zero-order valence-corrected chi connectivity index (χ0v) is 12.9. The third kappa shape index (κ3) is 3.84. The first-order chi connectivity index (χ1) is 10.5. The molecule has 1 heterocycles. The van der Waals surface area contributed by atoms with Gasteiger partial charge >= 0.3 is 0 Å². The summed E-state index contributed by atoms with van der Waals surface area (Å²) in [5.41, 5.74) is 1.39. The highest BCUT2D eigenvalue weighted by molar-refractivity contribution is 5.99. The quantitative estimate of drug-likeness (QED) is 0.868. The Balaban J connectivity index is 2.02. The molecule has 0 unspecified atom stereocenters. The number of nitrogens with zero attached hydrogens (tertiary/aromatic N) is 1. The van der Waals surface area contributed by atoms with E-state index in [1.54, 1.807) is 36.9 Å². The van der Waals surface area contributed by atoms with Crippen molar-refractivity contribution in [3.05, 3.63) is 24.3 Å². The van der Waals surface area contributed by atoms with Gasteiger partial charge in [-0.1, -0.05) is 13.0 Å². The number of carbonyl (C=O) groups excluding carboxylic acids is 3. The highest BCUT2D eigenvalue weighted by Crippen LogP contribution is 2.24. The average Bonchev–Trinajstić information content (AvgIpc) is 2.93. The fraction of sp³-hybridized carbons (Fsp3) is 0.438. The Morgan fingerprint density at radius 2 is 2.14 bits per heavy atom. The van der Waals surface area contributed by atoms with Gasteiger partial charge in [0.05, 0.1) is 0 Å². The minimum absolute atomic E-state index is 0.104. The Bertz CT molecular complexity index is 586. The maximum Gasteiger partial charge on any atom is 0.246 e. The highest BCUT2D eigenvalue weighted by Gasteiger charge is 2.22. The van der Waals surface area contributed by atoms with Crippen molar-refractivity contribution >= 4 is 29.1 Å². The molecule has 0 aromatic heterocycles. The van der Waals surface area contributed by atoms with Crippen molar-refractivity contribution in [3.63, 3.8) is 0 Å². The van der Waals surface area contributed by atoms with Gasteiger partial charge in [0.25, 0.3) is 0 Å². The Hall–Kier alpha value is -2.37. The molecule has 0 spiro atoms. The fourth-order valence-corrected chi connectivity index (χ4v) is 2.33. The van der Waals surface area contributed by atoms with Crippen LogP contribution in [0.25, 0.3) is 0 Å². The summed E-state index contributed by atoms with van der Waals surface area (Å²) in [6.45, 7) is 4.08. The number of hydrogen-bond donors (Lipinski definition) is 2. The van der Waals surface area contributed by atoms with Crippen LogP contribution in [0.2, 0.25) is 0 Å². The number of rotatable bonds is 5. The molecule has 1 fully saturated rings. The highest BCUT2D eigenvalue weighted by atomic mass is 16.2. The van der Waals surface area contributed by atoms with E-state index >= 15 is 0 Å². The second-order valence-electron chi connectivity index (χ2n) is 5.33. The van der Waals surface area contributed by atoms with E-state index in [-0.39, 0.29) is 17.7 Å². The second-order valence-corrected chi connectivity index (χ2v) is 5.33. The van der Waals surface area contributed by atoms with E-state index in [9.17, 15) is 14.4 Å². The minimum Gasteiger partial charge on any atom is -0.345 e. The number of carbonyl (C=O) groups is 3. The van der Waals surface area contributed by atoms with E-state index in [0.717, 1.165) is 12.1 Å². The summed E-state index contributed by atoms with van der Waals surface area (Å²) in [6, 6.07) is 6.57. The van der Waals surface area contributed by atoms with Gasteiger partial charge in [0.1, 0.15) is 6.04 Å². The van der Waals surface area contributed by atoms with Crippen LogP contribution >= 0.6 is 0 Å². The molecular weight excluding hydrogens is 282 g/mol. The number of nitrogens with one attached hydrogen (secondary N) is 2. The van der Waals surface area contributed by atoms with Gasteiger partial charge in [-0.15, -0.1) is 0 Å². The molecule has 2 N–H and O–H groups in total. The molecule has 0 saturated carbocycles. The second kappa shape index (κ2) is 7.06. The number of hydrogen-bond acceptors (Lipinski definition) is 3. The first-order valence-electron chi connectivity index (χ1n) is 7.52. The van der Waals surface area contributed by atoms with Gasteiger partial charge in [-0.2, -0.15) is 0 Å². The van der Waals surface area contributed by atoms with Crippen LogP contribution in [0.4, 0.5) is 11.4 Å². The summed E-state index contributed by atoms with van der Waals surface area (Å²) in [5.74, 6) is -0.349. The molecule has 118 valence electrons. The van der Waals surface area contributed by atoms with Crippen LogP contribution in [-0.4, -0.2) is 30.3 Å². The SMILES string of the molecule is CCC(=O)N[C@@H](C)C(=O)Nc1cccc(N2CCCC2=O)c1. The van der Waals surface area contributed by atoms with Crippen molar-refractivity contribution in [2.45, 2.75) is 39.2 Å². The molecule has 22 heavy (non-hydrogen) atoms. The van der Waals surface area contributed by atoms with E-state index in [4.69, 9.17) is 0 Å².